The highest BCUT2D eigenvalue weighted by Gasteiger charge is 2.62. The summed E-state index contributed by atoms with van der Waals surface area (Å²) in [5.74, 6) is 1.23. The predicted molar refractivity (Wildman–Crippen MR) is 147 cm³/mol. The molecule has 7 N–H and O–H groups in total. The van der Waals surface area contributed by atoms with Crippen molar-refractivity contribution >= 4 is 17.9 Å². The predicted octanol–water partition coefficient (Wildman–Crippen LogP) is 3.41. The number of hydrogen-bond donors (Lipinski definition) is 6. The van der Waals surface area contributed by atoms with E-state index in [1.54, 1.807) is 0 Å². The Morgan fingerprint density at radius 2 is 1.67 bits per heavy atom. The first-order valence-electron chi connectivity index (χ1n) is 15.3. The molecule has 11 atom stereocenters. The third-order valence-electron chi connectivity index (χ3n) is 11.8. The maximum absolute atomic E-state index is 12.7. The van der Waals surface area contributed by atoms with Gasteiger partial charge in [-0.2, -0.15) is 0 Å². The van der Waals surface area contributed by atoms with Crippen LogP contribution in [0.1, 0.15) is 97.8 Å². The summed E-state index contributed by atoms with van der Waals surface area (Å²) in [4.78, 5) is 35.1. The number of aliphatic carboxylic acids is 1. The molecule has 0 heterocycles. The molecule has 4 rings (SSSR count). The molecule has 0 spiro atoms. The molecule has 0 aromatic heterocycles. The first kappa shape index (κ1) is 30.1. The van der Waals surface area contributed by atoms with Crippen LogP contribution >= 0.6 is 0 Å². The molecular formula is C30H51N3O6. The number of fused-ring (bicyclic) bond motifs is 5. The van der Waals surface area contributed by atoms with E-state index in [9.17, 15) is 29.7 Å². The van der Waals surface area contributed by atoms with E-state index in [-0.39, 0.29) is 41.9 Å². The zero-order valence-electron chi connectivity index (χ0n) is 24.0. The van der Waals surface area contributed by atoms with Crippen molar-refractivity contribution in [3.05, 3.63) is 0 Å². The summed E-state index contributed by atoms with van der Waals surface area (Å²) in [6.45, 7) is 7.36. The lowest BCUT2D eigenvalue weighted by atomic mass is 9.43. The lowest BCUT2D eigenvalue weighted by molar-refractivity contribution is -0.174. The fourth-order valence-electron chi connectivity index (χ4n) is 9.78. The van der Waals surface area contributed by atoms with Gasteiger partial charge in [0.05, 0.1) is 12.2 Å². The minimum Gasteiger partial charge on any atom is -0.480 e. The maximum atomic E-state index is 12.7. The van der Waals surface area contributed by atoms with Crippen LogP contribution in [0.15, 0.2) is 0 Å². The quantitative estimate of drug-likeness (QED) is 0.229. The van der Waals surface area contributed by atoms with Crippen LogP contribution in [0.4, 0.5) is 4.79 Å². The minimum absolute atomic E-state index is 0.145. The number of aliphatic hydroxyl groups is 2. The van der Waals surface area contributed by atoms with Crippen LogP contribution in [0.25, 0.3) is 0 Å². The van der Waals surface area contributed by atoms with Gasteiger partial charge in [-0.25, -0.2) is 9.59 Å². The van der Waals surface area contributed by atoms with Gasteiger partial charge in [-0.15, -0.1) is 0 Å². The van der Waals surface area contributed by atoms with Gasteiger partial charge in [0.25, 0.3) is 0 Å². The van der Waals surface area contributed by atoms with Gasteiger partial charge in [-0.05, 0) is 117 Å². The highest BCUT2D eigenvalue weighted by molar-refractivity contribution is 5.83. The molecule has 4 fully saturated rings. The van der Waals surface area contributed by atoms with Crippen LogP contribution in [0.3, 0.4) is 0 Å². The van der Waals surface area contributed by atoms with Gasteiger partial charge in [-0.1, -0.05) is 20.8 Å². The van der Waals surface area contributed by atoms with Crippen molar-refractivity contribution in [3.8, 4) is 0 Å². The van der Waals surface area contributed by atoms with Crippen molar-refractivity contribution in [2.45, 2.75) is 116 Å². The standard InChI is InChI=1S/C30H51N3O6/c1-17(6-9-25(36)33-23(27(37)38)5-4-14-32-28(31)39)20-7-8-21-26-22(11-13-30(20,21)3)29(2)12-10-19(34)15-18(29)16-24(26)35/h17-24,26,34-35H,4-16H2,1-3H3,(H,33,36)(H,37,38)(H3,31,32,39)/t17-,18+,19-,20-,21+,22+,23+,24-,26+,29+,30-/m1/s1. The van der Waals surface area contributed by atoms with Crippen LogP contribution < -0.4 is 16.4 Å². The number of hydrogen-bond acceptors (Lipinski definition) is 5. The number of aliphatic hydroxyl groups excluding tert-OH is 2. The highest BCUT2D eigenvalue weighted by atomic mass is 16.4. The average molecular weight is 550 g/mol. The SMILES string of the molecule is C[C@H](CCC(=O)N[C@@H](CCCNC(N)=O)C(=O)O)[C@H]1CC[C@H]2[C@@H]3[C@H](O)C[C@@H]4C[C@H](O)CC[C@]4(C)[C@H]3CC[C@]12C. The number of urea groups is 1. The number of primary amides is 1. The van der Waals surface area contributed by atoms with Gasteiger partial charge >= 0.3 is 12.0 Å². The maximum Gasteiger partial charge on any atom is 0.326 e. The van der Waals surface area contributed by atoms with Gasteiger partial charge in [0.15, 0.2) is 0 Å². The van der Waals surface area contributed by atoms with Crippen molar-refractivity contribution in [2.75, 3.05) is 6.54 Å². The largest absolute Gasteiger partial charge is 0.480 e. The monoisotopic (exact) mass is 549 g/mol. The van der Waals surface area contributed by atoms with Crippen LogP contribution in [-0.2, 0) is 9.59 Å². The summed E-state index contributed by atoms with van der Waals surface area (Å²) in [5, 5.41) is 36.3. The number of carbonyl (C=O) groups is 3. The summed E-state index contributed by atoms with van der Waals surface area (Å²) in [6.07, 6.45) is 9.21. The molecule has 222 valence electrons. The molecule has 0 bridgehead atoms. The van der Waals surface area contributed by atoms with Gasteiger partial charge in [0, 0.05) is 13.0 Å². The van der Waals surface area contributed by atoms with E-state index < -0.39 is 18.0 Å². The number of nitrogens with one attached hydrogen (secondary N) is 2. The van der Waals surface area contributed by atoms with Crippen molar-refractivity contribution in [1.29, 1.82) is 0 Å². The second-order valence-electron chi connectivity index (χ2n) is 13.9. The Hall–Kier alpha value is -1.87. The molecule has 39 heavy (non-hydrogen) atoms. The summed E-state index contributed by atoms with van der Waals surface area (Å²) in [5.41, 5.74) is 5.39. The molecular weight excluding hydrogens is 498 g/mol. The van der Waals surface area contributed by atoms with Gasteiger partial charge in [-0.3, -0.25) is 4.79 Å². The smallest absolute Gasteiger partial charge is 0.326 e. The van der Waals surface area contributed by atoms with Crippen molar-refractivity contribution in [2.24, 2.45) is 52.1 Å². The van der Waals surface area contributed by atoms with Gasteiger partial charge < -0.3 is 31.7 Å². The molecule has 0 aliphatic heterocycles. The summed E-state index contributed by atoms with van der Waals surface area (Å²) in [6, 6.07) is -1.63. The topological polar surface area (TPSA) is 162 Å². The molecule has 4 aliphatic carbocycles. The number of carboxylic acids is 1. The van der Waals surface area contributed by atoms with E-state index in [1.807, 2.05) is 0 Å². The van der Waals surface area contributed by atoms with Crippen LogP contribution in [0.5, 0.6) is 0 Å². The second-order valence-corrected chi connectivity index (χ2v) is 13.9. The lowest BCUT2D eigenvalue weighted by Gasteiger charge is -2.62. The molecule has 3 amide bonds. The Morgan fingerprint density at radius 3 is 2.36 bits per heavy atom. The third-order valence-corrected chi connectivity index (χ3v) is 11.8. The van der Waals surface area contributed by atoms with E-state index in [4.69, 9.17) is 5.73 Å². The molecule has 4 aliphatic rings. The van der Waals surface area contributed by atoms with Crippen LogP contribution in [0, 0.1) is 46.3 Å². The molecule has 0 aromatic rings. The summed E-state index contributed by atoms with van der Waals surface area (Å²) >= 11 is 0. The van der Waals surface area contributed by atoms with Crippen molar-refractivity contribution in [3.63, 3.8) is 0 Å². The molecule has 0 aromatic carbocycles. The molecule has 0 saturated heterocycles. The third kappa shape index (κ3) is 6.09. The van der Waals surface area contributed by atoms with E-state index in [0.29, 0.717) is 54.8 Å². The van der Waals surface area contributed by atoms with Crippen LogP contribution in [-0.4, -0.2) is 58.0 Å². The number of nitrogens with two attached hydrogens (primary N) is 1. The number of amides is 3. The molecule has 0 radical (unpaired) electrons. The number of rotatable bonds is 10. The number of carboxylic acid groups (broad SMARTS) is 1. The Labute approximate surface area is 233 Å². The van der Waals surface area contributed by atoms with E-state index in [1.165, 1.54) is 0 Å². The highest BCUT2D eigenvalue weighted by Crippen LogP contribution is 2.68. The fourth-order valence-corrected chi connectivity index (χ4v) is 9.78. The molecule has 9 nitrogen and oxygen atoms in total. The first-order chi connectivity index (χ1) is 18.4. The van der Waals surface area contributed by atoms with Gasteiger partial charge in [0.1, 0.15) is 6.04 Å². The van der Waals surface area contributed by atoms with Crippen molar-refractivity contribution < 1.29 is 29.7 Å². The van der Waals surface area contributed by atoms with Crippen molar-refractivity contribution in [1.82, 2.24) is 10.6 Å². The Morgan fingerprint density at radius 1 is 0.974 bits per heavy atom. The normalized spacial score (nSPS) is 40.9. The van der Waals surface area contributed by atoms with Crippen LogP contribution in [0.2, 0.25) is 0 Å². The van der Waals surface area contributed by atoms with E-state index >= 15 is 0 Å². The average Bonchev–Trinajstić information content (AvgIpc) is 3.22. The first-order valence-corrected chi connectivity index (χ1v) is 15.3. The summed E-state index contributed by atoms with van der Waals surface area (Å²) < 4.78 is 0. The second kappa shape index (κ2) is 11.9. The Kier molecular flexibility index (Phi) is 9.21. The summed E-state index contributed by atoms with van der Waals surface area (Å²) in [7, 11) is 0. The van der Waals surface area contributed by atoms with E-state index in [2.05, 4.69) is 31.4 Å². The van der Waals surface area contributed by atoms with E-state index in [0.717, 1.165) is 51.4 Å². The Balaban J connectivity index is 1.33. The molecule has 4 saturated carbocycles. The fraction of sp³-hybridized carbons (Fsp3) is 0.900. The minimum atomic E-state index is -1.08. The molecule has 9 heteroatoms. The molecule has 0 unspecified atom stereocenters. The zero-order valence-corrected chi connectivity index (χ0v) is 24.0. The number of carbonyl (C=O) groups excluding carboxylic acids is 2. The lowest BCUT2D eigenvalue weighted by Crippen LogP contribution is -2.58. The zero-order chi connectivity index (χ0) is 28.5. The van der Waals surface area contributed by atoms with Gasteiger partial charge in [0.2, 0.25) is 5.91 Å². The Bertz CT molecular complexity index is 915.